The number of nitrogens with zero attached hydrogens (tertiary/aromatic N) is 5. The average molecular weight is 568 g/mol. The number of hydrogen-bond acceptors (Lipinski definition) is 7. The van der Waals surface area contributed by atoms with Gasteiger partial charge in [0.05, 0.1) is 27.9 Å². The molecule has 3 aromatic rings. The van der Waals surface area contributed by atoms with Gasteiger partial charge in [0.2, 0.25) is 0 Å². The third-order valence-corrected chi connectivity index (χ3v) is 7.52. The molecule has 2 fully saturated rings. The van der Waals surface area contributed by atoms with Crippen LogP contribution in [0, 0.1) is 12.7 Å². The van der Waals surface area contributed by atoms with Crippen molar-refractivity contribution in [1.29, 1.82) is 0 Å². The number of aryl methyl sites for hydroxylation is 1. The monoisotopic (exact) mass is 567 g/mol. The Balaban J connectivity index is 1.58. The molecule has 0 bridgehead atoms. The largest absolute Gasteiger partial charge is 0.508 e. The van der Waals surface area contributed by atoms with Crippen LogP contribution in [0.1, 0.15) is 76.2 Å². The van der Waals surface area contributed by atoms with Gasteiger partial charge >= 0.3 is 6.09 Å². The smallest absolute Gasteiger partial charge is 0.410 e. The van der Waals surface area contributed by atoms with Crippen LogP contribution in [0.4, 0.5) is 9.18 Å². The van der Waals surface area contributed by atoms with Crippen molar-refractivity contribution in [3.05, 3.63) is 41.3 Å². The molecule has 0 saturated carbocycles. The van der Waals surface area contributed by atoms with Crippen LogP contribution < -0.4 is 0 Å². The van der Waals surface area contributed by atoms with Gasteiger partial charge in [-0.1, -0.05) is 0 Å². The number of rotatable bonds is 3. The maximum Gasteiger partial charge on any atom is 0.410 e. The summed E-state index contributed by atoms with van der Waals surface area (Å²) >= 11 is 0. The van der Waals surface area contributed by atoms with Gasteiger partial charge in [0.15, 0.2) is 11.9 Å². The molecule has 11 heteroatoms. The zero-order valence-corrected chi connectivity index (χ0v) is 24.5. The number of phenols is 1. The van der Waals surface area contributed by atoms with Crippen LogP contribution >= 0.6 is 0 Å². The SMILES string of the molecule is Cc1nn(C2CCCCO2)c2nc(-c3ccc(O)cc3F)cc(C(=O)N3CCN(C(=O)OC(C)(C)C)CC3(C)C)c12. The van der Waals surface area contributed by atoms with Crippen LogP contribution in [0.15, 0.2) is 24.3 Å². The summed E-state index contributed by atoms with van der Waals surface area (Å²) in [7, 11) is 0. The molecule has 1 unspecified atom stereocenters. The highest BCUT2D eigenvalue weighted by atomic mass is 19.1. The highest BCUT2D eigenvalue weighted by Gasteiger charge is 2.41. The maximum absolute atomic E-state index is 15.1. The molecule has 10 nitrogen and oxygen atoms in total. The molecule has 1 atom stereocenters. The third kappa shape index (κ3) is 5.72. The van der Waals surface area contributed by atoms with Crippen LogP contribution in [-0.4, -0.2) is 79.1 Å². The van der Waals surface area contributed by atoms with Crippen molar-refractivity contribution in [2.24, 2.45) is 0 Å². The van der Waals surface area contributed by atoms with Gasteiger partial charge in [-0.05, 0) is 79.0 Å². The standard InChI is InChI=1S/C30H38FN5O5/c1-18-25-21(27(38)35-13-12-34(17-30(35,5)6)28(39)41-29(2,3)4)16-23(20-11-10-19(37)15-22(20)31)32-26(25)36(33-18)24-9-7-8-14-40-24/h10-11,15-16,24,37H,7-9,12-14,17H2,1-6H3. The molecule has 2 aliphatic heterocycles. The topological polar surface area (TPSA) is 110 Å². The second-order valence-electron chi connectivity index (χ2n) is 12.4. The second kappa shape index (κ2) is 10.6. The minimum Gasteiger partial charge on any atom is -0.508 e. The van der Waals surface area contributed by atoms with Crippen molar-refractivity contribution >= 4 is 23.0 Å². The van der Waals surface area contributed by atoms with E-state index in [0.29, 0.717) is 35.4 Å². The third-order valence-electron chi connectivity index (χ3n) is 7.52. The number of aromatic nitrogens is 3. The van der Waals surface area contributed by atoms with Gasteiger partial charge in [0, 0.05) is 37.9 Å². The number of benzene rings is 1. The Bertz CT molecular complexity index is 1490. The van der Waals surface area contributed by atoms with Crippen molar-refractivity contribution in [2.75, 3.05) is 26.2 Å². The summed E-state index contributed by atoms with van der Waals surface area (Å²) in [5.41, 5.74) is 0.457. The summed E-state index contributed by atoms with van der Waals surface area (Å²) in [6.07, 6.45) is 1.92. The fraction of sp³-hybridized carbons (Fsp3) is 0.533. The molecule has 0 aliphatic carbocycles. The normalized spacial score (nSPS) is 19.4. The lowest BCUT2D eigenvalue weighted by atomic mass is 9.96. The van der Waals surface area contributed by atoms with Crippen molar-refractivity contribution < 1.29 is 28.6 Å². The summed E-state index contributed by atoms with van der Waals surface area (Å²) < 4.78 is 28.3. The molecule has 0 radical (unpaired) electrons. The molecular weight excluding hydrogens is 529 g/mol. The molecule has 2 saturated heterocycles. The van der Waals surface area contributed by atoms with Gasteiger partial charge in [-0.2, -0.15) is 5.10 Å². The average Bonchev–Trinajstić information content (AvgIpc) is 3.23. The highest BCUT2D eigenvalue weighted by molar-refractivity contribution is 6.08. The zero-order chi connectivity index (χ0) is 29.7. The van der Waals surface area contributed by atoms with Gasteiger partial charge in [0.25, 0.3) is 5.91 Å². The number of halogens is 1. The number of amides is 2. The summed E-state index contributed by atoms with van der Waals surface area (Å²) in [6.45, 7) is 12.6. The van der Waals surface area contributed by atoms with E-state index in [-0.39, 0.29) is 42.2 Å². The van der Waals surface area contributed by atoms with Gasteiger partial charge in [-0.3, -0.25) is 4.79 Å². The molecule has 2 amide bonds. The number of piperazine rings is 1. The molecule has 5 rings (SSSR count). The molecule has 220 valence electrons. The number of carbonyl (C=O) groups is 2. The van der Waals surface area contributed by atoms with E-state index in [0.717, 1.165) is 25.3 Å². The predicted octanol–water partition coefficient (Wildman–Crippen LogP) is 5.42. The fourth-order valence-corrected chi connectivity index (χ4v) is 5.61. The second-order valence-corrected chi connectivity index (χ2v) is 12.4. The molecule has 1 aromatic carbocycles. The van der Waals surface area contributed by atoms with E-state index in [1.165, 1.54) is 12.1 Å². The Kier molecular flexibility index (Phi) is 7.44. The predicted molar refractivity (Wildman–Crippen MR) is 151 cm³/mol. The molecule has 2 aliphatic rings. The highest BCUT2D eigenvalue weighted by Crippen LogP contribution is 2.35. The van der Waals surface area contributed by atoms with Crippen molar-refractivity contribution in [2.45, 2.75) is 78.2 Å². The maximum atomic E-state index is 15.1. The van der Waals surface area contributed by atoms with Crippen LogP contribution in [0.3, 0.4) is 0 Å². The van der Waals surface area contributed by atoms with E-state index in [9.17, 15) is 14.7 Å². The molecule has 1 N–H and O–H groups in total. The first-order chi connectivity index (χ1) is 19.2. The summed E-state index contributed by atoms with van der Waals surface area (Å²) in [5.74, 6) is -1.12. The van der Waals surface area contributed by atoms with E-state index in [2.05, 4.69) is 0 Å². The van der Waals surface area contributed by atoms with E-state index in [1.807, 2.05) is 41.5 Å². The molecule has 2 aromatic heterocycles. The van der Waals surface area contributed by atoms with E-state index in [1.54, 1.807) is 20.5 Å². The number of ether oxygens (including phenoxy) is 2. The Labute approximate surface area is 239 Å². The van der Waals surface area contributed by atoms with Gasteiger partial charge < -0.3 is 24.4 Å². The van der Waals surface area contributed by atoms with Crippen LogP contribution in [0.25, 0.3) is 22.3 Å². The fourth-order valence-electron chi connectivity index (χ4n) is 5.61. The lowest BCUT2D eigenvalue weighted by molar-refractivity contribution is -0.0371. The molecule has 4 heterocycles. The lowest BCUT2D eigenvalue weighted by Crippen LogP contribution is -2.62. The van der Waals surface area contributed by atoms with Crippen LogP contribution in [0.2, 0.25) is 0 Å². The van der Waals surface area contributed by atoms with E-state index < -0.39 is 23.1 Å². The number of hydrogen-bond donors (Lipinski definition) is 1. The molecule has 41 heavy (non-hydrogen) atoms. The van der Waals surface area contributed by atoms with Crippen molar-refractivity contribution in [3.8, 4) is 17.0 Å². The van der Waals surface area contributed by atoms with Crippen LogP contribution in [-0.2, 0) is 9.47 Å². The summed E-state index contributed by atoms with van der Waals surface area (Å²) in [5, 5.41) is 15.1. The number of pyridine rings is 1. The van der Waals surface area contributed by atoms with Crippen molar-refractivity contribution in [1.82, 2.24) is 24.6 Å². The Morgan fingerprint density at radius 3 is 2.56 bits per heavy atom. The van der Waals surface area contributed by atoms with E-state index >= 15 is 4.39 Å². The Morgan fingerprint density at radius 2 is 1.93 bits per heavy atom. The van der Waals surface area contributed by atoms with Gasteiger partial charge in [-0.15, -0.1) is 0 Å². The van der Waals surface area contributed by atoms with Crippen LogP contribution in [0.5, 0.6) is 5.75 Å². The Morgan fingerprint density at radius 1 is 1.17 bits per heavy atom. The first-order valence-corrected chi connectivity index (χ1v) is 14.1. The zero-order valence-electron chi connectivity index (χ0n) is 24.5. The minimum absolute atomic E-state index is 0.155. The number of fused-ring (bicyclic) bond motifs is 1. The number of carbonyl (C=O) groups excluding carboxylic acids is 2. The molecule has 0 spiro atoms. The van der Waals surface area contributed by atoms with Crippen molar-refractivity contribution in [3.63, 3.8) is 0 Å². The van der Waals surface area contributed by atoms with Gasteiger partial charge in [0.1, 0.15) is 17.2 Å². The quantitative estimate of drug-likeness (QED) is 0.450. The Hall–Kier alpha value is -3.73. The van der Waals surface area contributed by atoms with Gasteiger partial charge in [-0.25, -0.2) is 18.9 Å². The first-order valence-electron chi connectivity index (χ1n) is 14.1. The minimum atomic E-state index is -0.720. The lowest BCUT2D eigenvalue weighted by Gasteiger charge is -2.47. The first kappa shape index (κ1) is 28.8. The molecular formula is C30H38FN5O5. The summed E-state index contributed by atoms with van der Waals surface area (Å²) in [6, 6.07) is 5.45. The number of aromatic hydroxyl groups is 1. The number of phenolic OH excluding ortho intramolecular Hbond substituents is 1. The summed E-state index contributed by atoms with van der Waals surface area (Å²) in [4.78, 5) is 35.3. The van der Waals surface area contributed by atoms with E-state index in [4.69, 9.17) is 19.6 Å².